The minimum atomic E-state index is -3.63. The molecule has 0 saturated carbocycles. The van der Waals surface area contributed by atoms with Gasteiger partial charge in [-0.05, 0) is 26.7 Å². The molecule has 148 valence electrons. The lowest BCUT2D eigenvalue weighted by Gasteiger charge is -2.31. The molecule has 27 heavy (non-hydrogen) atoms. The Balaban J connectivity index is 1.68. The van der Waals surface area contributed by atoms with Gasteiger partial charge in [0.1, 0.15) is 4.90 Å². The number of hydrogen-bond acceptors (Lipinski definition) is 5. The van der Waals surface area contributed by atoms with Gasteiger partial charge in [0.2, 0.25) is 15.9 Å². The summed E-state index contributed by atoms with van der Waals surface area (Å²) in [6.07, 6.45) is 6.03. The first-order chi connectivity index (χ1) is 12.7. The van der Waals surface area contributed by atoms with E-state index < -0.39 is 10.0 Å². The molecule has 0 bridgehead atoms. The first-order valence-electron chi connectivity index (χ1n) is 8.98. The third kappa shape index (κ3) is 4.06. The molecule has 2 aromatic heterocycles. The van der Waals surface area contributed by atoms with Crippen molar-refractivity contribution in [2.24, 2.45) is 20.0 Å². The van der Waals surface area contributed by atoms with Crippen LogP contribution in [0.15, 0.2) is 23.5 Å². The van der Waals surface area contributed by atoms with Crippen LogP contribution in [0.2, 0.25) is 0 Å². The van der Waals surface area contributed by atoms with Crippen molar-refractivity contribution in [3.8, 4) is 0 Å². The van der Waals surface area contributed by atoms with Gasteiger partial charge >= 0.3 is 0 Å². The number of carbonyl (C=O) groups is 1. The van der Waals surface area contributed by atoms with Crippen LogP contribution in [0, 0.1) is 12.8 Å². The van der Waals surface area contributed by atoms with E-state index in [9.17, 15) is 13.2 Å². The number of aromatic nitrogens is 4. The van der Waals surface area contributed by atoms with Crippen molar-refractivity contribution < 1.29 is 13.2 Å². The summed E-state index contributed by atoms with van der Waals surface area (Å²) in [7, 11) is -0.120. The highest BCUT2D eigenvalue weighted by Gasteiger charge is 2.34. The largest absolute Gasteiger partial charge is 0.349 e. The SMILES string of the molecule is Cc1nn(C)cc1[C@@H](C)NC(=O)[C@H]1CCCN(S(=O)(=O)c2cnn(C)c2)C1. The topological polar surface area (TPSA) is 102 Å². The van der Waals surface area contributed by atoms with E-state index in [0.29, 0.717) is 19.4 Å². The molecule has 3 rings (SSSR count). The second-order valence-electron chi connectivity index (χ2n) is 7.13. The maximum Gasteiger partial charge on any atom is 0.246 e. The Morgan fingerprint density at radius 3 is 2.63 bits per heavy atom. The van der Waals surface area contributed by atoms with Gasteiger partial charge in [0, 0.05) is 45.1 Å². The van der Waals surface area contributed by atoms with Crippen molar-refractivity contribution in [3.05, 3.63) is 29.8 Å². The van der Waals surface area contributed by atoms with Gasteiger partial charge in [-0.3, -0.25) is 14.2 Å². The summed E-state index contributed by atoms with van der Waals surface area (Å²) in [6, 6.07) is -0.184. The van der Waals surface area contributed by atoms with E-state index in [1.165, 1.54) is 21.4 Å². The summed E-state index contributed by atoms with van der Waals surface area (Å²) in [5, 5.41) is 11.2. The van der Waals surface area contributed by atoms with Gasteiger partial charge in [0.05, 0.1) is 23.9 Å². The van der Waals surface area contributed by atoms with Crippen molar-refractivity contribution in [2.45, 2.75) is 37.6 Å². The van der Waals surface area contributed by atoms with E-state index in [1.54, 1.807) is 11.7 Å². The molecule has 1 N–H and O–H groups in total. The predicted octanol–water partition coefficient (Wildman–Crippen LogP) is 0.740. The van der Waals surface area contributed by atoms with E-state index in [2.05, 4.69) is 15.5 Å². The molecule has 1 fully saturated rings. The van der Waals surface area contributed by atoms with Gasteiger partial charge in [0.15, 0.2) is 0 Å². The molecular weight excluding hydrogens is 368 g/mol. The van der Waals surface area contributed by atoms with E-state index >= 15 is 0 Å². The Morgan fingerprint density at radius 1 is 1.30 bits per heavy atom. The Hall–Kier alpha value is -2.20. The van der Waals surface area contributed by atoms with E-state index in [0.717, 1.165) is 11.3 Å². The van der Waals surface area contributed by atoms with Gasteiger partial charge in [-0.15, -0.1) is 0 Å². The average molecular weight is 395 g/mol. The Bertz CT molecular complexity index is 932. The zero-order valence-electron chi connectivity index (χ0n) is 16.1. The molecule has 2 atom stereocenters. The Labute approximate surface area is 159 Å². The van der Waals surface area contributed by atoms with Crippen molar-refractivity contribution in [1.82, 2.24) is 29.2 Å². The maximum atomic E-state index is 12.8. The fraction of sp³-hybridized carbons (Fsp3) is 0.588. The highest BCUT2D eigenvalue weighted by molar-refractivity contribution is 7.89. The van der Waals surface area contributed by atoms with Crippen LogP contribution in [0.4, 0.5) is 0 Å². The van der Waals surface area contributed by atoms with Crippen molar-refractivity contribution in [3.63, 3.8) is 0 Å². The molecule has 10 heteroatoms. The number of nitrogens with one attached hydrogen (secondary N) is 1. The van der Waals surface area contributed by atoms with E-state index in [-0.39, 0.29) is 29.3 Å². The minimum Gasteiger partial charge on any atom is -0.349 e. The molecule has 0 unspecified atom stereocenters. The molecule has 1 aliphatic heterocycles. The second-order valence-corrected chi connectivity index (χ2v) is 9.06. The maximum absolute atomic E-state index is 12.8. The summed E-state index contributed by atoms with van der Waals surface area (Å²) >= 11 is 0. The third-order valence-corrected chi connectivity index (χ3v) is 6.77. The van der Waals surface area contributed by atoms with Crippen LogP contribution in [0.25, 0.3) is 0 Å². The number of piperidine rings is 1. The van der Waals surface area contributed by atoms with Crippen LogP contribution in [0.3, 0.4) is 0 Å². The molecule has 1 saturated heterocycles. The predicted molar refractivity (Wildman–Crippen MR) is 99.2 cm³/mol. The summed E-state index contributed by atoms with van der Waals surface area (Å²) in [5.41, 5.74) is 1.83. The molecule has 1 amide bonds. The number of rotatable bonds is 5. The highest BCUT2D eigenvalue weighted by Crippen LogP contribution is 2.24. The van der Waals surface area contributed by atoms with E-state index in [1.807, 2.05) is 27.1 Å². The normalized spacial score (nSPS) is 19.8. The van der Waals surface area contributed by atoms with Crippen LogP contribution in [-0.2, 0) is 28.9 Å². The number of carbonyl (C=O) groups excluding carboxylic acids is 1. The van der Waals surface area contributed by atoms with Gasteiger partial charge in [-0.25, -0.2) is 8.42 Å². The fourth-order valence-electron chi connectivity index (χ4n) is 3.51. The molecule has 0 radical (unpaired) electrons. The van der Waals surface area contributed by atoms with Crippen LogP contribution in [-0.4, -0.2) is 51.3 Å². The lowest BCUT2D eigenvalue weighted by Crippen LogP contribution is -2.45. The highest BCUT2D eigenvalue weighted by atomic mass is 32.2. The fourth-order valence-corrected chi connectivity index (χ4v) is 5.02. The number of sulfonamides is 1. The molecule has 1 aliphatic rings. The third-order valence-electron chi connectivity index (χ3n) is 4.95. The first-order valence-corrected chi connectivity index (χ1v) is 10.4. The van der Waals surface area contributed by atoms with Gasteiger partial charge in [-0.2, -0.15) is 14.5 Å². The van der Waals surface area contributed by atoms with Gasteiger partial charge in [0.25, 0.3) is 0 Å². The summed E-state index contributed by atoms with van der Waals surface area (Å²) < 4.78 is 30.1. The van der Waals surface area contributed by atoms with Crippen molar-refractivity contribution in [2.75, 3.05) is 13.1 Å². The van der Waals surface area contributed by atoms with Gasteiger partial charge in [-0.1, -0.05) is 0 Å². The molecule has 0 aromatic carbocycles. The zero-order chi connectivity index (χ0) is 19.8. The number of aryl methyl sites for hydroxylation is 3. The van der Waals surface area contributed by atoms with Crippen LogP contribution >= 0.6 is 0 Å². The first kappa shape index (κ1) is 19.6. The Morgan fingerprint density at radius 2 is 2.04 bits per heavy atom. The number of amides is 1. The molecule has 0 aliphatic carbocycles. The molecule has 0 spiro atoms. The molecular formula is C17H26N6O3S. The van der Waals surface area contributed by atoms with Crippen LogP contribution < -0.4 is 5.32 Å². The molecule has 3 heterocycles. The second kappa shape index (κ2) is 7.43. The lowest BCUT2D eigenvalue weighted by molar-refractivity contribution is -0.126. The Kier molecular flexibility index (Phi) is 5.38. The van der Waals surface area contributed by atoms with Crippen LogP contribution in [0.5, 0.6) is 0 Å². The number of hydrogen-bond donors (Lipinski definition) is 1. The van der Waals surface area contributed by atoms with Gasteiger partial charge < -0.3 is 5.32 Å². The summed E-state index contributed by atoms with van der Waals surface area (Å²) in [4.78, 5) is 12.9. The molecule has 2 aromatic rings. The van der Waals surface area contributed by atoms with Crippen LogP contribution in [0.1, 0.15) is 37.1 Å². The number of nitrogens with zero attached hydrogens (tertiary/aromatic N) is 5. The average Bonchev–Trinajstić information content (AvgIpc) is 3.20. The van der Waals surface area contributed by atoms with E-state index in [4.69, 9.17) is 0 Å². The minimum absolute atomic E-state index is 0.128. The zero-order valence-corrected chi connectivity index (χ0v) is 16.9. The smallest absolute Gasteiger partial charge is 0.246 e. The van der Waals surface area contributed by atoms with Crippen molar-refractivity contribution in [1.29, 1.82) is 0 Å². The lowest BCUT2D eigenvalue weighted by atomic mass is 9.98. The quantitative estimate of drug-likeness (QED) is 0.806. The standard InChI is InChI=1S/C17H26N6O3S/c1-12(16-11-22(4)20-13(16)2)19-17(24)14-6-5-7-23(9-14)27(25,26)15-8-18-21(3)10-15/h8,10-12,14H,5-7,9H2,1-4H3,(H,19,24)/t12-,14+/m1/s1. The molecule has 9 nitrogen and oxygen atoms in total. The monoisotopic (exact) mass is 394 g/mol. The summed E-state index contributed by atoms with van der Waals surface area (Å²) in [5.74, 6) is -0.499. The van der Waals surface area contributed by atoms with Crippen molar-refractivity contribution >= 4 is 15.9 Å². The summed E-state index contributed by atoms with van der Waals surface area (Å²) in [6.45, 7) is 4.41.